The second-order valence-electron chi connectivity index (χ2n) is 5.88. The fourth-order valence-electron chi connectivity index (χ4n) is 2.94. The molecular weight excluding hydrogens is 331 g/mol. The van der Waals surface area contributed by atoms with Crippen LogP contribution in [0.1, 0.15) is 32.6 Å². The van der Waals surface area contributed by atoms with Crippen LogP contribution in [0.4, 0.5) is 13.2 Å². The van der Waals surface area contributed by atoms with Crippen molar-refractivity contribution in [2.75, 3.05) is 19.3 Å². The Kier molecular flexibility index (Phi) is 6.16. The van der Waals surface area contributed by atoms with Crippen molar-refractivity contribution in [2.24, 2.45) is 0 Å². The van der Waals surface area contributed by atoms with E-state index in [1.54, 1.807) is 24.8 Å². The van der Waals surface area contributed by atoms with Crippen LogP contribution >= 0.6 is 23.5 Å². The molecule has 2 nitrogen and oxygen atoms in total. The van der Waals surface area contributed by atoms with Crippen molar-refractivity contribution < 1.29 is 18.0 Å². The van der Waals surface area contributed by atoms with Gasteiger partial charge in [-0.05, 0) is 38.9 Å². The van der Waals surface area contributed by atoms with Gasteiger partial charge in [0.05, 0.1) is 0 Å². The third-order valence-electron chi connectivity index (χ3n) is 4.19. The minimum atomic E-state index is -4.14. The van der Waals surface area contributed by atoms with E-state index in [9.17, 15) is 18.0 Å². The summed E-state index contributed by atoms with van der Waals surface area (Å²) in [5.74, 6) is -0.0187. The van der Waals surface area contributed by atoms with Crippen molar-refractivity contribution in [3.8, 4) is 0 Å². The molecule has 2 heterocycles. The number of amides is 1. The van der Waals surface area contributed by atoms with Crippen LogP contribution < -0.4 is 0 Å². The van der Waals surface area contributed by atoms with E-state index >= 15 is 0 Å². The fourth-order valence-corrected chi connectivity index (χ4v) is 5.08. The van der Waals surface area contributed by atoms with Gasteiger partial charge < -0.3 is 4.90 Å². The predicted octanol–water partition coefficient (Wildman–Crippen LogP) is 4.11. The van der Waals surface area contributed by atoms with Crippen LogP contribution in [0.25, 0.3) is 0 Å². The topological polar surface area (TPSA) is 20.3 Å². The second-order valence-corrected chi connectivity index (χ2v) is 8.47. The third-order valence-corrected chi connectivity index (χ3v) is 6.79. The summed E-state index contributed by atoms with van der Waals surface area (Å²) in [6, 6.07) is 0. The smallest absolute Gasteiger partial charge is 0.338 e. The first-order valence-electron chi connectivity index (χ1n) is 7.54. The van der Waals surface area contributed by atoms with E-state index < -0.39 is 11.4 Å². The first-order chi connectivity index (χ1) is 10.3. The Morgan fingerprint density at radius 2 is 2.05 bits per heavy atom. The van der Waals surface area contributed by atoms with Crippen LogP contribution in [0.15, 0.2) is 11.6 Å². The standard InChI is InChI=1S/C15H22F3NOS2/c1-10(8-11-5-6-13(22-11)15(16,17)18)14(20)19-7-3-4-12(9-19)21-2/h8,11-13H,3-7,9H2,1-2H3/b10-8+. The first-order valence-corrected chi connectivity index (χ1v) is 9.77. The number of piperidine rings is 1. The van der Waals surface area contributed by atoms with E-state index in [-0.39, 0.29) is 17.6 Å². The average Bonchev–Trinajstić information content (AvgIpc) is 2.95. The number of alkyl halides is 3. The molecule has 1 amide bonds. The summed E-state index contributed by atoms with van der Waals surface area (Å²) in [5, 5.41) is -1.01. The van der Waals surface area contributed by atoms with Crippen molar-refractivity contribution >= 4 is 29.4 Å². The van der Waals surface area contributed by atoms with E-state index in [0.717, 1.165) is 37.7 Å². The number of hydrogen-bond acceptors (Lipinski definition) is 3. The third kappa shape index (κ3) is 4.60. The summed E-state index contributed by atoms with van der Waals surface area (Å²) in [6.07, 6.45) is 2.42. The highest BCUT2D eigenvalue weighted by Gasteiger charge is 2.44. The molecule has 126 valence electrons. The predicted molar refractivity (Wildman–Crippen MR) is 87.3 cm³/mol. The highest BCUT2D eigenvalue weighted by atomic mass is 32.2. The summed E-state index contributed by atoms with van der Waals surface area (Å²) in [4.78, 5) is 14.3. The zero-order valence-corrected chi connectivity index (χ0v) is 14.5. The Morgan fingerprint density at radius 3 is 2.64 bits per heavy atom. The highest BCUT2D eigenvalue weighted by Crippen LogP contribution is 2.43. The van der Waals surface area contributed by atoms with Crippen molar-refractivity contribution in [3.05, 3.63) is 11.6 Å². The van der Waals surface area contributed by atoms with Gasteiger partial charge in [-0.1, -0.05) is 6.08 Å². The number of hydrogen-bond donors (Lipinski definition) is 0. The quantitative estimate of drug-likeness (QED) is 0.712. The van der Waals surface area contributed by atoms with Crippen LogP contribution in [0.2, 0.25) is 0 Å². The number of rotatable bonds is 3. The van der Waals surface area contributed by atoms with E-state index in [2.05, 4.69) is 0 Å². The molecule has 2 fully saturated rings. The lowest BCUT2D eigenvalue weighted by atomic mass is 10.1. The molecule has 3 unspecified atom stereocenters. The molecule has 7 heteroatoms. The Labute approximate surface area is 138 Å². The first kappa shape index (κ1) is 18.0. The van der Waals surface area contributed by atoms with E-state index in [1.165, 1.54) is 0 Å². The normalized spacial score (nSPS) is 30.7. The molecule has 0 spiro atoms. The average molecular weight is 353 g/mol. The SMILES string of the molecule is CSC1CCCN(C(=O)/C(C)=C/C2CCC(C(F)(F)F)S2)C1. The Balaban J connectivity index is 1.93. The zero-order chi connectivity index (χ0) is 16.3. The Hall–Kier alpha value is -0.300. The number of halogens is 3. The van der Waals surface area contributed by atoms with Crippen molar-refractivity contribution in [1.82, 2.24) is 4.90 Å². The zero-order valence-electron chi connectivity index (χ0n) is 12.9. The van der Waals surface area contributed by atoms with Gasteiger partial charge in [-0.2, -0.15) is 24.9 Å². The molecule has 0 aromatic rings. The van der Waals surface area contributed by atoms with Gasteiger partial charge in [0.25, 0.3) is 0 Å². The number of carbonyl (C=O) groups excluding carboxylic acids is 1. The summed E-state index contributed by atoms with van der Waals surface area (Å²) in [6.45, 7) is 3.23. The minimum absolute atomic E-state index is 0.0187. The lowest BCUT2D eigenvalue weighted by Gasteiger charge is -2.32. The number of likely N-dealkylation sites (tertiary alicyclic amines) is 1. The maximum absolute atomic E-state index is 12.7. The maximum Gasteiger partial charge on any atom is 0.400 e. The molecule has 0 aromatic carbocycles. The van der Waals surface area contributed by atoms with Gasteiger partial charge in [-0.25, -0.2) is 0 Å². The molecule has 0 aliphatic carbocycles. The maximum atomic E-state index is 12.7. The monoisotopic (exact) mass is 353 g/mol. The summed E-state index contributed by atoms with van der Waals surface area (Å²) in [5.41, 5.74) is 0.585. The molecule has 0 aromatic heterocycles. The number of nitrogens with zero attached hydrogens (tertiary/aromatic N) is 1. The van der Waals surface area contributed by atoms with Crippen LogP contribution in [0.5, 0.6) is 0 Å². The molecule has 2 saturated heterocycles. The molecule has 22 heavy (non-hydrogen) atoms. The molecule has 0 radical (unpaired) electrons. The second kappa shape index (κ2) is 7.51. The van der Waals surface area contributed by atoms with Gasteiger partial charge in [0.1, 0.15) is 5.25 Å². The minimum Gasteiger partial charge on any atom is -0.338 e. The van der Waals surface area contributed by atoms with Crippen LogP contribution in [-0.4, -0.2) is 52.1 Å². The summed E-state index contributed by atoms with van der Waals surface area (Å²) >= 11 is 2.71. The summed E-state index contributed by atoms with van der Waals surface area (Å²) < 4.78 is 38.1. The number of carbonyl (C=O) groups is 1. The Morgan fingerprint density at radius 1 is 1.32 bits per heavy atom. The van der Waals surface area contributed by atoms with Gasteiger partial charge in [-0.3, -0.25) is 4.79 Å². The molecule has 0 N–H and O–H groups in total. The van der Waals surface area contributed by atoms with E-state index in [4.69, 9.17) is 0 Å². The number of thioether (sulfide) groups is 2. The molecule has 0 bridgehead atoms. The molecule has 2 aliphatic heterocycles. The molecule has 3 atom stereocenters. The van der Waals surface area contributed by atoms with Crippen LogP contribution in [0, 0.1) is 0 Å². The highest BCUT2D eigenvalue weighted by molar-refractivity contribution is 8.01. The van der Waals surface area contributed by atoms with Gasteiger partial charge in [0.2, 0.25) is 5.91 Å². The van der Waals surface area contributed by atoms with Crippen LogP contribution in [0.3, 0.4) is 0 Å². The van der Waals surface area contributed by atoms with Crippen molar-refractivity contribution in [1.29, 1.82) is 0 Å². The van der Waals surface area contributed by atoms with Crippen molar-refractivity contribution in [3.63, 3.8) is 0 Å². The lowest BCUT2D eigenvalue weighted by Crippen LogP contribution is -2.41. The van der Waals surface area contributed by atoms with Crippen LogP contribution in [-0.2, 0) is 4.79 Å². The molecular formula is C15H22F3NOS2. The Bertz CT molecular complexity index is 439. The van der Waals surface area contributed by atoms with E-state index in [1.807, 2.05) is 11.2 Å². The lowest BCUT2D eigenvalue weighted by molar-refractivity contribution is -0.129. The fraction of sp³-hybridized carbons (Fsp3) is 0.800. The van der Waals surface area contributed by atoms with Gasteiger partial charge in [-0.15, -0.1) is 11.8 Å². The summed E-state index contributed by atoms with van der Waals surface area (Å²) in [7, 11) is 0. The van der Waals surface area contributed by atoms with Gasteiger partial charge in [0, 0.05) is 29.2 Å². The van der Waals surface area contributed by atoms with E-state index in [0.29, 0.717) is 17.2 Å². The van der Waals surface area contributed by atoms with Gasteiger partial charge in [0.15, 0.2) is 0 Å². The largest absolute Gasteiger partial charge is 0.400 e. The molecule has 0 saturated carbocycles. The molecule has 2 rings (SSSR count). The van der Waals surface area contributed by atoms with Crippen molar-refractivity contribution in [2.45, 2.75) is 54.5 Å². The van der Waals surface area contributed by atoms with Gasteiger partial charge >= 0.3 is 6.18 Å². The molecule has 2 aliphatic rings.